The molecule has 0 heterocycles. The van der Waals surface area contributed by atoms with Crippen molar-refractivity contribution in [2.75, 3.05) is 31.6 Å². The molecule has 0 radical (unpaired) electrons. The molecular formula is C7H17NOS. The molecule has 0 amide bonds. The molecule has 0 saturated carbocycles. The third-order valence-corrected chi connectivity index (χ3v) is 2.35. The Morgan fingerprint density at radius 1 is 1.30 bits per heavy atom. The van der Waals surface area contributed by atoms with Crippen LogP contribution < -0.4 is 0 Å². The predicted octanol–water partition coefficient (Wildman–Crippen LogP) is 0.707. The molecule has 1 atom stereocenters. The number of rotatable bonds is 5. The van der Waals surface area contributed by atoms with Crippen molar-refractivity contribution in [3.05, 3.63) is 0 Å². The maximum Gasteiger partial charge on any atom is 0.0359 e. The maximum absolute atomic E-state index is 10.7. The summed E-state index contributed by atoms with van der Waals surface area (Å²) in [5, 5.41) is 0. The van der Waals surface area contributed by atoms with Gasteiger partial charge in [0.2, 0.25) is 0 Å². The van der Waals surface area contributed by atoms with Gasteiger partial charge >= 0.3 is 0 Å². The summed E-state index contributed by atoms with van der Waals surface area (Å²) in [4.78, 5) is 2.28. The largest absolute Gasteiger partial charge is 0.303 e. The highest BCUT2D eigenvalue weighted by molar-refractivity contribution is 7.84. The van der Waals surface area contributed by atoms with Crippen molar-refractivity contribution in [2.45, 2.75) is 13.8 Å². The van der Waals surface area contributed by atoms with E-state index < -0.39 is 10.8 Å². The maximum atomic E-state index is 10.7. The van der Waals surface area contributed by atoms with Crippen LogP contribution in [0.4, 0.5) is 0 Å². The van der Waals surface area contributed by atoms with Crippen molar-refractivity contribution in [1.29, 1.82) is 0 Å². The molecule has 0 aliphatic heterocycles. The van der Waals surface area contributed by atoms with Gasteiger partial charge in [0.25, 0.3) is 0 Å². The van der Waals surface area contributed by atoms with E-state index in [0.717, 1.165) is 25.4 Å². The minimum atomic E-state index is -0.631. The molecule has 0 aromatic carbocycles. The average Bonchev–Trinajstić information content (AvgIpc) is 1.90. The first kappa shape index (κ1) is 10.1. The Labute approximate surface area is 66.1 Å². The van der Waals surface area contributed by atoms with Crippen LogP contribution in [-0.4, -0.2) is 40.8 Å². The van der Waals surface area contributed by atoms with Crippen LogP contribution in [0.25, 0.3) is 0 Å². The summed E-state index contributed by atoms with van der Waals surface area (Å²) in [5.74, 6) is 0.807. The number of hydrogen-bond acceptors (Lipinski definition) is 2. The molecule has 62 valence electrons. The van der Waals surface area contributed by atoms with Gasteiger partial charge in [-0.15, -0.1) is 0 Å². The molecule has 0 aliphatic carbocycles. The minimum absolute atomic E-state index is 0.631. The molecule has 0 rings (SSSR count). The lowest BCUT2D eigenvalue weighted by Gasteiger charge is -2.16. The van der Waals surface area contributed by atoms with Crippen LogP contribution in [0.5, 0.6) is 0 Å². The normalized spacial score (nSPS) is 14.0. The van der Waals surface area contributed by atoms with Crippen molar-refractivity contribution in [3.63, 3.8) is 0 Å². The van der Waals surface area contributed by atoms with E-state index in [-0.39, 0.29) is 0 Å². The lowest BCUT2D eigenvalue weighted by atomic mass is 10.5. The third kappa shape index (κ3) is 4.94. The minimum Gasteiger partial charge on any atom is -0.303 e. The molecule has 0 aliphatic rings. The summed E-state index contributed by atoms with van der Waals surface area (Å²) in [6, 6.07) is 0. The fraction of sp³-hybridized carbons (Fsp3) is 1.00. The van der Waals surface area contributed by atoms with Crippen LogP contribution in [0, 0.1) is 0 Å². The summed E-state index contributed by atoms with van der Waals surface area (Å²) < 4.78 is 10.7. The quantitative estimate of drug-likeness (QED) is 0.595. The van der Waals surface area contributed by atoms with Crippen LogP contribution in [0.1, 0.15) is 13.8 Å². The van der Waals surface area contributed by atoms with E-state index in [9.17, 15) is 4.21 Å². The first-order chi connectivity index (χ1) is 4.70. The van der Waals surface area contributed by atoms with Crippen molar-refractivity contribution >= 4 is 10.8 Å². The van der Waals surface area contributed by atoms with Gasteiger partial charge in [0.05, 0.1) is 0 Å². The molecular weight excluding hydrogens is 146 g/mol. The van der Waals surface area contributed by atoms with Crippen molar-refractivity contribution in [1.82, 2.24) is 4.90 Å². The lowest BCUT2D eigenvalue weighted by Crippen LogP contribution is -2.27. The molecule has 0 fully saturated rings. The monoisotopic (exact) mass is 163 g/mol. The Bertz CT molecular complexity index is 102. The highest BCUT2D eigenvalue weighted by Crippen LogP contribution is 1.86. The standard InChI is InChI=1S/C7H17NOS/c1-4-8(5-2)6-7-10(3)9/h4-7H2,1-3H3. The second-order valence-corrected chi connectivity index (χ2v) is 3.86. The molecule has 1 unspecified atom stereocenters. The second kappa shape index (κ2) is 5.86. The predicted molar refractivity (Wildman–Crippen MR) is 46.7 cm³/mol. The summed E-state index contributed by atoms with van der Waals surface area (Å²) >= 11 is 0. The molecule has 0 aromatic heterocycles. The molecule has 0 aromatic rings. The van der Waals surface area contributed by atoms with Gasteiger partial charge in [0.1, 0.15) is 0 Å². The van der Waals surface area contributed by atoms with E-state index >= 15 is 0 Å². The van der Waals surface area contributed by atoms with E-state index in [2.05, 4.69) is 18.7 Å². The van der Waals surface area contributed by atoms with Crippen molar-refractivity contribution < 1.29 is 4.21 Å². The third-order valence-electron chi connectivity index (χ3n) is 1.59. The van der Waals surface area contributed by atoms with E-state index in [4.69, 9.17) is 0 Å². The Kier molecular flexibility index (Phi) is 5.93. The molecule has 2 nitrogen and oxygen atoms in total. The van der Waals surface area contributed by atoms with Gasteiger partial charge < -0.3 is 4.90 Å². The summed E-state index contributed by atoms with van der Waals surface area (Å²) in [6.45, 7) is 7.35. The number of nitrogens with zero attached hydrogens (tertiary/aromatic N) is 1. The van der Waals surface area contributed by atoms with Crippen LogP contribution in [-0.2, 0) is 10.8 Å². The van der Waals surface area contributed by atoms with E-state index in [1.165, 1.54) is 0 Å². The van der Waals surface area contributed by atoms with Crippen LogP contribution >= 0.6 is 0 Å². The van der Waals surface area contributed by atoms with Crippen molar-refractivity contribution in [2.24, 2.45) is 0 Å². The molecule has 0 saturated heterocycles. The SMILES string of the molecule is CCN(CC)CCS(C)=O. The fourth-order valence-electron chi connectivity index (χ4n) is 0.797. The molecule has 0 N–H and O–H groups in total. The summed E-state index contributed by atoms with van der Waals surface area (Å²) in [5.41, 5.74) is 0. The van der Waals surface area contributed by atoms with Crippen molar-refractivity contribution in [3.8, 4) is 0 Å². The topological polar surface area (TPSA) is 20.3 Å². The Morgan fingerprint density at radius 2 is 1.80 bits per heavy atom. The fourth-order valence-corrected chi connectivity index (χ4v) is 1.31. The zero-order chi connectivity index (χ0) is 7.98. The first-order valence-electron chi connectivity index (χ1n) is 3.73. The molecule has 0 spiro atoms. The van der Waals surface area contributed by atoms with Gasteiger partial charge in [-0.25, -0.2) is 0 Å². The zero-order valence-corrected chi connectivity index (χ0v) is 7.91. The van der Waals surface area contributed by atoms with E-state index in [1.54, 1.807) is 6.26 Å². The Morgan fingerprint density at radius 3 is 2.10 bits per heavy atom. The van der Waals surface area contributed by atoms with Gasteiger partial charge in [-0.2, -0.15) is 0 Å². The van der Waals surface area contributed by atoms with Gasteiger partial charge in [-0.1, -0.05) is 13.8 Å². The van der Waals surface area contributed by atoms with E-state index in [0.29, 0.717) is 0 Å². The Balaban J connectivity index is 3.34. The van der Waals surface area contributed by atoms with Gasteiger partial charge in [0, 0.05) is 29.4 Å². The van der Waals surface area contributed by atoms with E-state index in [1.807, 2.05) is 0 Å². The van der Waals surface area contributed by atoms with Gasteiger partial charge in [-0.05, 0) is 13.1 Å². The average molecular weight is 163 g/mol. The first-order valence-corrected chi connectivity index (χ1v) is 5.45. The smallest absolute Gasteiger partial charge is 0.0359 e. The molecule has 10 heavy (non-hydrogen) atoms. The summed E-state index contributed by atoms with van der Waals surface area (Å²) in [7, 11) is -0.631. The van der Waals surface area contributed by atoms with Gasteiger partial charge in [-0.3, -0.25) is 4.21 Å². The number of hydrogen-bond donors (Lipinski definition) is 0. The molecule has 3 heteroatoms. The second-order valence-electron chi connectivity index (χ2n) is 2.30. The summed E-state index contributed by atoms with van der Waals surface area (Å²) in [6.07, 6.45) is 1.75. The highest BCUT2D eigenvalue weighted by Gasteiger charge is 1.98. The van der Waals surface area contributed by atoms with Crippen LogP contribution in [0.15, 0.2) is 0 Å². The molecule has 0 bridgehead atoms. The highest BCUT2D eigenvalue weighted by atomic mass is 32.2. The lowest BCUT2D eigenvalue weighted by molar-refractivity contribution is 0.323. The Hall–Kier alpha value is 0.110. The zero-order valence-electron chi connectivity index (χ0n) is 7.09. The van der Waals surface area contributed by atoms with Gasteiger partial charge in [0.15, 0.2) is 0 Å². The van der Waals surface area contributed by atoms with Crippen LogP contribution in [0.3, 0.4) is 0 Å². The van der Waals surface area contributed by atoms with Crippen LogP contribution in [0.2, 0.25) is 0 Å².